The van der Waals surface area contributed by atoms with Crippen LogP contribution in [0.5, 0.6) is 0 Å². The monoisotopic (exact) mass is 287 g/mol. The first kappa shape index (κ1) is 12.5. The van der Waals surface area contributed by atoms with Gasteiger partial charge in [0, 0.05) is 17.6 Å². The standard InChI is InChI=1S/C11H14BrNOS/c1-4-13(7-8(2)3)11(14)10-9(12)5-6-15-10/h5-6H,2,4,7H2,1,3H3. The van der Waals surface area contributed by atoms with Crippen LogP contribution in [0.2, 0.25) is 0 Å². The van der Waals surface area contributed by atoms with Crippen molar-refractivity contribution in [2.45, 2.75) is 13.8 Å². The summed E-state index contributed by atoms with van der Waals surface area (Å²) in [5.41, 5.74) is 0.998. The summed E-state index contributed by atoms with van der Waals surface area (Å²) in [5, 5.41) is 1.91. The number of hydrogen-bond acceptors (Lipinski definition) is 2. The minimum absolute atomic E-state index is 0.0716. The molecular formula is C11H14BrNOS. The van der Waals surface area contributed by atoms with Crippen molar-refractivity contribution in [3.8, 4) is 0 Å². The summed E-state index contributed by atoms with van der Waals surface area (Å²) in [6.45, 7) is 9.06. The van der Waals surface area contributed by atoms with Crippen molar-refractivity contribution in [1.82, 2.24) is 4.90 Å². The molecule has 1 aromatic heterocycles. The molecule has 82 valence electrons. The van der Waals surface area contributed by atoms with Gasteiger partial charge < -0.3 is 4.90 Å². The van der Waals surface area contributed by atoms with Crippen LogP contribution in [0.1, 0.15) is 23.5 Å². The Labute approximate surface area is 103 Å². The van der Waals surface area contributed by atoms with Gasteiger partial charge in [-0.2, -0.15) is 0 Å². The van der Waals surface area contributed by atoms with Gasteiger partial charge in [-0.25, -0.2) is 0 Å². The molecule has 0 bridgehead atoms. The summed E-state index contributed by atoms with van der Waals surface area (Å²) in [7, 11) is 0. The Balaban J connectivity index is 2.82. The van der Waals surface area contributed by atoms with Gasteiger partial charge in [-0.05, 0) is 41.2 Å². The predicted octanol–water partition coefficient (Wildman–Crippen LogP) is 3.55. The number of nitrogens with zero attached hydrogens (tertiary/aromatic N) is 1. The highest BCUT2D eigenvalue weighted by molar-refractivity contribution is 9.10. The van der Waals surface area contributed by atoms with Gasteiger partial charge in [0.25, 0.3) is 5.91 Å². The Bertz CT molecular complexity index is 372. The normalized spacial score (nSPS) is 10.1. The van der Waals surface area contributed by atoms with Crippen LogP contribution in [-0.2, 0) is 0 Å². The third-order valence-electron chi connectivity index (χ3n) is 1.94. The summed E-state index contributed by atoms with van der Waals surface area (Å²) in [5.74, 6) is 0.0716. The molecule has 0 aliphatic heterocycles. The Morgan fingerprint density at radius 1 is 1.67 bits per heavy atom. The number of carbonyl (C=O) groups excluding carboxylic acids is 1. The molecule has 0 saturated heterocycles. The number of halogens is 1. The summed E-state index contributed by atoms with van der Waals surface area (Å²) in [6, 6.07) is 1.90. The highest BCUT2D eigenvalue weighted by Crippen LogP contribution is 2.24. The molecule has 0 radical (unpaired) electrons. The lowest BCUT2D eigenvalue weighted by molar-refractivity contribution is 0.0782. The minimum atomic E-state index is 0.0716. The van der Waals surface area contributed by atoms with Crippen molar-refractivity contribution in [3.63, 3.8) is 0 Å². The topological polar surface area (TPSA) is 20.3 Å². The molecule has 1 amide bonds. The fourth-order valence-corrected chi connectivity index (χ4v) is 2.75. The molecule has 15 heavy (non-hydrogen) atoms. The third kappa shape index (κ3) is 3.18. The number of hydrogen-bond donors (Lipinski definition) is 0. The van der Waals surface area contributed by atoms with Crippen molar-refractivity contribution >= 4 is 33.2 Å². The Morgan fingerprint density at radius 2 is 2.33 bits per heavy atom. The van der Waals surface area contributed by atoms with E-state index in [0.717, 1.165) is 14.9 Å². The molecule has 0 aromatic carbocycles. The molecule has 4 heteroatoms. The molecule has 2 nitrogen and oxygen atoms in total. The van der Waals surface area contributed by atoms with E-state index in [1.54, 1.807) is 4.90 Å². The molecular weight excluding hydrogens is 274 g/mol. The second kappa shape index (κ2) is 5.47. The number of carbonyl (C=O) groups is 1. The molecule has 0 saturated carbocycles. The third-order valence-corrected chi connectivity index (χ3v) is 3.77. The SMILES string of the molecule is C=C(C)CN(CC)C(=O)c1sccc1Br. The summed E-state index contributed by atoms with van der Waals surface area (Å²) in [6.07, 6.45) is 0. The lowest BCUT2D eigenvalue weighted by Gasteiger charge is -2.20. The van der Waals surface area contributed by atoms with E-state index in [9.17, 15) is 4.79 Å². The second-order valence-corrected chi connectivity index (χ2v) is 5.14. The van der Waals surface area contributed by atoms with Gasteiger partial charge >= 0.3 is 0 Å². The highest BCUT2D eigenvalue weighted by Gasteiger charge is 2.17. The number of rotatable bonds is 4. The van der Waals surface area contributed by atoms with E-state index >= 15 is 0 Å². The fraction of sp³-hybridized carbons (Fsp3) is 0.364. The van der Waals surface area contributed by atoms with E-state index in [0.29, 0.717) is 13.1 Å². The van der Waals surface area contributed by atoms with E-state index in [4.69, 9.17) is 0 Å². The van der Waals surface area contributed by atoms with Crippen molar-refractivity contribution < 1.29 is 4.79 Å². The number of likely N-dealkylation sites (N-methyl/N-ethyl adjacent to an activating group) is 1. The molecule has 0 aliphatic carbocycles. The van der Waals surface area contributed by atoms with Crippen molar-refractivity contribution in [2.24, 2.45) is 0 Å². The summed E-state index contributed by atoms with van der Waals surface area (Å²) < 4.78 is 0.873. The Hall–Kier alpha value is -0.610. The van der Waals surface area contributed by atoms with Crippen LogP contribution in [0.3, 0.4) is 0 Å². The van der Waals surface area contributed by atoms with Crippen molar-refractivity contribution in [3.05, 3.63) is 32.9 Å². The van der Waals surface area contributed by atoms with E-state index in [1.807, 2.05) is 25.3 Å². The molecule has 0 N–H and O–H groups in total. The number of amides is 1. The molecule has 0 spiro atoms. The zero-order valence-corrected chi connectivity index (χ0v) is 11.3. The predicted molar refractivity (Wildman–Crippen MR) is 68.4 cm³/mol. The first-order valence-electron chi connectivity index (χ1n) is 4.73. The number of thiophene rings is 1. The van der Waals surface area contributed by atoms with Gasteiger partial charge in [0.2, 0.25) is 0 Å². The fourth-order valence-electron chi connectivity index (χ4n) is 1.24. The smallest absolute Gasteiger partial charge is 0.265 e. The lowest BCUT2D eigenvalue weighted by atomic mass is 10.3. The molecule has 1 aromatic rings. The summed E-state index contributed by atoms with van der Waals surface area (Å²) >= 11 is 4.83. The van der Waals surface area contributed by atoms with Crippen LogP contribution in [0.4, 0.5) is 0 Å². The maximum Gasteiger partial charge on any atom is 0.265 e. The van der Waals surface area contributed by atoms with Crippen LogP contribution in [-0.4, -0.2) is 23.9 Å². The Kier molecular flexibility index (Phi) is 4.54. The van der Waals surface area contributed by atoms with Gasteiger partial charge in [0.1, 0.15) is 4.88 Å². The second-order valence-electron chi connectivity index (χ2n) is 3.37. The van der Waals surface area contributed by atoms with Crippen LogP contribution in [0.25, 0.3) is 0 Å². The maximum atomic E-state index is 12.1. The van der Waals surface area contributed by atoms with Gasteiger partial charge in [-0.1, -0.05) is 12.2 Å². The van der Waals surface area contributed by atoms with E-state index < -0.39 is 0 Å². The van der Waals surface area contributed by atoms with Crippen LogP contribution >= 0.6 is 27.3 Å². The zero-order chi connectivity index (χ0) is 11.4. The largest absolute Gasteiger partial charge is 0.334 e. The molecule has 1 rings (SSSR count). The van der Waals surface area contributed by atoms with Crippen molar-refractivity contribution in [1.29, 1.82) is 0 Å². The van der Waals surface area contributed by atoms with Gasteiger partial charge in [0.05, 0.1) is 0 Å². The summed E-state index contributed by atoms with van der Waals surface area (Å²) in [4.78, 5) is 14.6. The van der Waals surface area contributed by atoms with Gasteiger partial charge in [-0.15, -0.1) is 11.3 Å². The van der Waals surface area contributed by atoms with Crippen LogP contribution in [0.15, 0.2) is 28.1 Å². The maximum absolute atomic E-state index is 12.1. The quantitative estimate of drug-likeness (QED) is 0.776. The molecule has 0 atom stereocenters. The first-order valence-corrected chi connectivity index (χ1v) is 6.40. The molecule has 0 aliphatic rings. The van der Waals surface area contributed by atoms with Crippen LogP contribution < -0.4 is 0 Å². The zero-order valence-electron chi connectivity index (χ0n) is 8.92. The molecule has 0 fully saturated rings. The molecule has 0 unspecified atom stereocenters. The average molecular weight is 288 g/mol. The Morgan fingerprint density at radius 3 is 2.73 bits per heavy atom. The van der Waals surface area contributed by atoms with Crippen molar-refractivity contribution in [2.75, 3.05) is 13.1 Å². The first-order chi connectivity index (χ1) is 7.06. The highest BCUT2D eigenvalue weighted by atomic mass is 79.9. The van der Waals surface area contributed by atoms with E-state index in [1.165, 1.54) is 11.3 Å². The van der Waals surface area contributed by atoms with Gasteiger partial charge in [-0.3, -0.25) is 4.79 Å². The van der Waals surface area contributed by atoms with Crippen LogP contribution in [0, 0.1) is 0 Å². The van der Waals surface area contributed by atoms with Gasteiger partial charge in [0.15, 0.2) is 0 Å². The average Bonchev–Trinajstić information content (AvgIpc) is 2.59. The van der Waals surface area contributed by atoms with E-state index in [-0.39, 0.29) is 5.91 Å². The molecule has 1 heterocycles. The van der Waals surface area contributed by atoms with E-state index in [2.05, 4.69) is 22.5 Å². The lowest BCUT2D eigenvalue weighted by Crippen LogP contribution is -2.31. The minimum Gasteiger partial charge on any atom is -0.334 e.